The fourth-order valence-electron chi connectivity index (χ4n) is 4.29. The van der Waals surface area contributed by atoms with Gasteiger partial charge >= 0.3 is 7.12 Å². The number of nitrogens with zero attached hydrogens (tertiary/aromatic N) is 2. The van der Waals surface area contributed by atoms with Gasteiger partial charge in [0.1, 0.15) is 5.82 Å². The van der Waals surface area contributed by atoms with Crippen molar-refractivity contribution in [3.8, 4) is 0 Å². The van der Waals surface area contributed by atoms with E-state index in [2.05, 4.69) is 63.3 Å². The average Bonchev–Trinajstić information content (AvgIpc) is 2.85. The highest BCUT2D eigenvalue weighted by molar-refractivity contribution is 6.74. The number of halogens is 1. The molecule has 214 valence electrons. The predicted molar refractivity (Wildman–Crippen MR) is 162 cm³/mol. The van der Waals surface area contributed by atoms with Crippen LogP contribution in [0.25, 0.3) is 0 Å². The van der Waals surface area contributed by atoms with Gasteiger partial charge in [0.15, 0.2) is 8.32 Å². The number of anilines is 3. The van der Waals surface area contributed by atoms with Gasteiger partial charge < -0.3 is 29.1 Å². The normalized spacial score (nSPS) is 20.1. The molecule has 8 nitrogen and oxygen atoms in total. The highest BCUT2D eigenvalue weighted by Crippen LogP contribution is 2.37. The van der Waals surface area contributed by atoms with Gasteiger partial charge in [-0.2, -0.15) is 4.98 Å². The summed E-state index contributed by atoms with van der Waals surface area (Å²) in [6.07, 6.45) is 3.93. The van der Waals surface area contributed by atoms with Gasteiger partial charge in [-0.25, -0.2) is 4.98 Å². The fraction of sp³-hybridized carbons (Fsp3) is 0.643. The van der Waals surface area contributed by atoms with Crippen molar-refractivity contribution in [3.63, 3.8) is 0 Å². The molecule has 0 radical (unpaired) electrons. The maximum atomic E-state index is 6.92. The number of nitrogens with one attached hydrogen (secondary N) is 2. The van der Waals surface area contributed by atoms with Gasteiger partial charge in [0.05, 0.1) is 19.3 Å². The molecule has 0 spiro atoms. The Labute approximate surface area is 240 Å². The molecule has 1 atom stereocenters. The Morgan fingerprint density at radius 2 is 1.92 bits per heavy atom. The molecular weight excluding hydrogens is 531 g/mol. The van der Waals surface area contributed by atoms with E-state index in [1.165, 1.54) is 0 Å². The van der Waals surface area contributed by atoms with Crippen LogP contribution in [0.1, 0.15) is 58.6 Å². The van der Waals surface area contributed by atoms with Crippen LogP contribution in [-0.4, -0.2) is 57.9 Å². The van der Waals surface area contributed by atoms with Crippen LogP contribution in [0.2, 0.25) is 23.2 Å². The molecule has 2 N–H and O–H groups in total. The monoisotopic (exact) mass is 574 g/mol. The SMILES string of the molecule is Cc1cnc(Nc2cc(Cl)c(B3OCC(C)(C)CO3)c(CO[Si](C)(C)C(C)(C)C)c2)nc1N[C@@H]1CCCOC1. The summed E-state index contributed by atoms with van der Waals surface area (Å²) in [7, 11) is -2.56. The molecular formula is C28H44BClN4O4Si. The van der Waals surface area contributed by atoms with Crippen LogP contribution in [0, 0.1) is 12.3 Å². The van der Waals surface area contributed by atoms with Gasteiger partial charge in [0.2, 0.25) is 5.95 Å². The predicted octanol–water partition coefficient (Wildman–Crippen LogP) is 6.06. The summed E-state index contributed by atoms with van der Waals surface area (Å²) in [5.74, 6) is 1.30. The molecule has 0 amide bonds. The minimum atomic E-state index is -2.02. The fourth-order valence-corrected chi connectivity index (χ4v) is 5.57. The molecule has 2 aromatic rings. The van der Waals surface area contributed by atoms with Gasteiger partial charge in [0.25, 0.3) is 0 Å². The van der Waals surface area contributed by atoms with E-state index in [4.69, 9.17) is 35.1 Å². The summed E-state index contributed by atoms with van der Waals surface area (Å²) in [4.78, 5) is 9.28. The molecule has 2 fully saturated rings. The van der Waals surface area contributed by atoms with E-state index in [9.17, 15) is 0 Å². The summed E-state index contributed by atoms with van der Waals surface area (Å²) < 4.78 is 24.5. The van der Waals surface area contributed by atoms with Crippen LogP contribution < -0.4 is 16.1 Å². The Kier molecular flexibility index (Phi) is 9.35. The van der Waals surface area contributed by atoms with Crippen LogP contribution >= 0.6 is 11.6 Å². The first kappa shape index (κ1) is 30.3. The number of hydrogen-bond donors (Lipinski definition) is 2. The summed E-state index contributed by atoms with van der Waals surface area (Å²) in [6, 6.07) is 4.17. The van der Waals surface area contributed by atoms with Crippen LogP contribution in [-0.2, 0) is 25.1 Å². The molecule has 1 aromatic carbocycles. The molecule has 2 aliphatic rings. The Morgan fingerprint density at radius 3 is 2.56 bits per heavy atom. The lowest BCUT2D eigenvalue weighted by Crippen LogP contribution is -2.49. The van der Waals surface area contributed by atoms with Gasteiger partial charge in [-0.15, -0.1) is 0 Å². The van der Waals surface area contributed by atoms with E-state index in [-0.39, 0.29) is 16.5 Å². The zero-order valence-electron chi connectivity index (χ0n) is 24.7. The maximum Gasteiger partial charge on any atom is 0.495 e. The summed E-state index contributed by atoms with van der Waals surface area (Å²) in [6.45, 7) is 20.6. The van der Waals surface area contributed by atoms with Crippen molar-refractivity contribution in [2.75, 3.05) is 37.1 Å². The molecule has 39 heavy (non-hydrogen) atoms. The molecule has 2 aliphatic heterocycles. The lowest BCUT2D eigenvalue weighted by molar-refractivity contribution is 0.0342. The minimum Gasteiger partial charge on any atom is -0.413 e. The lowest BCUT2D eigenvalue weighted by atomic mass is 9.73. The second-order valence-electron chi connectivity index (χ2n) is 13.1. The van der Waals surface area contributed by atoms with Crippen LogP contribution in [0.5, 0.6) is 0 Å². The standard InChI is InChI=1S/C28H44BClN4O4Si/c1-19-14-31-26(34-25(19)32-21-10-9-11-35-16-21)33-22-12-20(15-38-39(7,8)27(2,3)4)24(23(30)13-22)29-36-17-28(5,6)18-37-29/h12-14,21H,9-11,15-18H2,1-8H3,(H2,31,32,33,34)/t21-/m1/s1. The first-order valence-electron chi connectivity index (χ1n) is 13.9. The Bertz CT molecular complexity index is 1150. The number of rotatable bonds is 8. The first-order chi connectivity index (χ1) is 18.2. The topological polar surface area (TPSA) is 86.8 Å². The Balaban J connectivity index is 1.60. The third-order valence-electron chi connectivity index (χ3n) is 7.83. The minimum absolute atomic E-state index is 0.0411. The Morgan fingerprint density at radius 1 is 1.21 bits per heavy atom. The zero-order chi connectivity index (χ0) is 28.4. The van der Waals surface area contributed by atoms with Crippen molar-refractivity contribution >= 4 is 50.0 Å². The van der Waals surface area contributed by atoms with E-state index in [1.807, 2.05) is 25.3 Å². The van der Waals surface area contributed by atoms with Crippen molar-refractivity contribution < 1.29 is 18.5 Å². The van der Waals surface area contributed by atoms with E-state index in [0.717, 1.165) is 47.5 Å². The lowest BCUT2D eigenvalue weighted by Gasteiger charge is -2.37. The molecule has 0 unspecified atom stereocenters. The molecule has 1 aromatic heterocycles. The largest absolute Gasteiger partial charge is 0.495 e. The summed E-state index contributed by atoms with van der Waals surface area (Å²) in [5, 5.41) is 7.51. The number of ether oxygens (including phenoxy) is 1. The number of aryl methyl sites for hydroxylation is 1. The Hall–Kier alpha value is -1.69. The van der Waals surface area contributed by atoms with Gasteiger partial charge in [-0.3, -0.25) is 0 Å². The summed E-state index contributed by atoms with van der Waals surface area (Å²) >= 11 is 6.92. The third-order valence-corrected chi connectivity index (χ3v) is 12.6. The maximum absolute atomic E-state index is 6.92. The van der Waals surface area contributed by atoms with Gasteiger partial charge in [0, 0.05) is 53.2 Å². The van der Waals surface area contributed by atoms with Crippen molar-refractivity contribution in [2.45, 2.75) is 85.2 Å². The second-order valence-corrected chi connectivity index (χ2v) is 18.3. The quantitative estimate of drug-likeness (QED) is 0.368. The van der Waals surface area contributed by atoms with Crippen molar-refractivity contribution in [2.24, 2.45) is 5.41 Å². The van der Waals surface area contributed by atoms with Crippen LogP contribution in [0.15, 0.2) is 18.3 Å². The van der Waals surface area contributed by atoms with Crippen LogP contribution in [0.3, 0.4) is 0 Å². The molecule has 4 rings (SSSR count). The molecule has 0 saturated carbocycles. The smallest absolute Gasteiger partial charge is 0.413 e. The van der Waals surface area contributed by atoms with Crippen LogP contribution in [0.4, 0.5) is 17.5 Å². The molecule has 0 aliphatic carbocycles. The van der Waals surface area contributed by atoms with E-state index in [0.29, 0.717) is 37.4 Å². The van der Waals surface area contributed by atoms with Crippen molar-refractivity contribution in [1.29, 1.82) is 0 Å². The van der Waals surface area contributed by atoms with Crippen molar-refractivity contribution in [1.82, 2.24) is 9.97 Å². The van der Waals surface area contributed by atoms with Gasteiger partial charge in [-0.05, 0) is 55.6 Å². The number of hydrogen-bond acceptors (Lipinski definition) is 8. The average molecular weight is 575 g/mol. The van der Waals surface area contributed by atoms with Crippen molar-refractivity contribution in [3.05, 3.63) is 34.5 Å². The van der Waals surface area contributed by atoms with E-state index < -0.39 is 15.4 Å². The molecule has 2 saturated heterocycles. The molecule has 0 bridgehead atoms. The number of aromatic nitrogens is 2. The molecule has 11 heteroatoms. The van der Waals surface area contributed by atoms with E-state index in [1.54, 1.807) is 0 Å². The molecule has 3 heterocycles. The third kappa shape index (κ3) is 7.74. The van der Waals surface area contributed by atoms with Gasteiger partial charge in [-0.1, -0.05) is 46.2 Å². The second kappa shape index (κ2) is 12.0. The zero-order valence-corrected chi connectivity index (χ0v) is 26.5. The number of benzene rings is 1. The summed E-state index contributed by atoms with van der Waals surface area (Å²) in [5.41, 5.74) is 3.48. The highest BCUT2D eigenvalue weighted by Gasteiger charge is 2.39. The highest BCUT2D eigenvalue weighted by atomic mass is 35.5. The first-order valence-corrected chi connectivity index (χ1v) is 17.2. The van der Waals surface area contributed by atoms with E-state index >= 15 is 0 Å².